The van der Waals surface area contributed by atoms with Gasteiger partial charge in [-0.25, -0.2) is 9.59 Å². The Balaban J connectivity index is 1.58. The second kappa shape index (κ2) is 11.1. The SMILES string of the molecule is CO[C@@]1(c2ccc(-c3ccncc3)cc2)C[C@@H](C(=O)O)N(C(=O)[C@@H](NC(=O)OC2CCCC2)C(C)(C)C)C1. The third kappa shape index (κ3) is 5.83. The first-order chi connectivity index (χ1) is 18.0. The van der Waals surface area contributed by atoms with Crippen LogP contribution in [0.2, 0.25) is 0 Å². The smallest absolute Gasteiger partial charge is 0.408 e. The maximum absolute atomic E-state index is 13.9. The van der Waals surface area contributed by atoms with Crippen LogP contribution in [0.1, 0.15) is 58.4 Å². The molecule has 2 fully saturated rings. The molecule has 0 unspecified atom stereocenters. The van der Waals surface area contributed by atoms with Crippen molar-refractivity contribution < 1.29 is 29.0 Å². The molecule has 2 N–H and O–H groups in total. The molecule has 4 rings (SSSR count). The molecular formula is C29H37N3O6. The molecule has 2 heterocycles. The second-order valence-corrected chi connectivity index (χ2v) is 11.3. The van der Waals surface area contributed by atoms with Crippen molar-refractivity contribution >= 4 is 18.0 Å². The van der Waals surface area contributed by atoms with Gasteiger partial charge in [-0.1, -0.05) is 45.0 Å². The summed E-state index contributed by atoms with van der Waals surface area (Å²) in [6.45, 7) is 5.54. The van der Waals surface area contributed by atoms with E-state index in [1.54, 1.807) is 12.4 Å². The van der Waals surface area contributed by atoms with E-state index in [2.05, 4.69) is 10.3 Å². The lowest BCUT2D eigenvalue weighted by Gasteiger charge is -2.35. The topological polar surface area (TPSA) is 118 Å². The van der Waals surface area contributed by atoms with Crippen molar-refractivity contribution in [2.24, 2.45) is 5.41 Å². The van der Waals surface area contributed by atoms with Crippen LogP contribution in [0.15, 0.2) is 48.8 Å². The average molecular weight is 524 g/mol. The number of benzene rings is 1. The first-order valence-corrected chi connectivity index (χ1v) is 13.1. The molecule has 1 aromatic carbocycles. The van der Waals surface area contributed by atoms with E-state index >= 15 is 0 Å². The molecule has 3 atom stereocenters. The Labute approximate surface area is 223 Å². The Morgan fingerprint density at radius 3 is 2.21 bits per heavy atom. The molecule has 0 spiro atoms. The lowest BCUT2D eigenvalue weighted by Crippen LogP contribution is -2.57. The number of ether oxygens (including phenoxy) is 2. The number of aliphatic carboxylic acids is 1. The number of hydrogen-bond donors (Lipinski definition) is 2. The molecule has 2 aliphatic rings. The summed E-state index contributed by atoms with van der Waals surface area (Å²) in [4.78, 5) is 44.3. The number of pyridine rings is 1. The highest BCUT2D eigenvalue weighted by molar-refractivity contribution is 5.90. The molecule has 1 aliphatic carbocycles. The molecular weight excluding hydrogens is 486 g/mol. The van der Waals surface area contributed by atoms with Crippen LogP contribution >= 0.6 is 0 Å². The normalized spacial score (nSPS) is 22.7. The number of carboxylic acids is 1. The predicted octanol–water partition coefficient (Wildman–Crippen LogP) is 4.36. The van der Waals surface area contributed by atoms with Crippen LogP contribution in [0.25, 0.3) is 11.1 Å². The van der Waals surface area contributed by atoms with Gasteiger partial charge in [0.15, 0.2) is 0 Å². The third-order valence-corrected chi connectivity index (χ3v) is 7.66. The van der Waals surface area contributed by atoms with E-state index in [0.717, 1.165) is 42.4 Å². The van der Waals surface area contributed by atoms with Crippen molar-refractivity contribution in [1.29, 1.82) is 0 Å². The number of likely N-dealkylation sites (tertiary alicyclic amines) is 1. The molecule has 1 saturated carbocycles. The first-order valence-electron chi connectivity index (χ1n) is 13.1. The predicted molar refractivity (Wildman–Crippen MR) is 141 cm³/mol. The molecule has 1 aromatic heterocycles. The number of carboxylic acid groups (broad SMARTS) is 1. The highest BCUT2D eigenvalue weighted by Crippen LogP contribution is 2.41. The Morgan fingerprint density at radius 1 is 1.05 bits per heavy atom. The zero-order valence-electron chi connectivity index (χ0n) is 22.5. The number of methoxy groups -OCH3 is 1. The van der Waals surface area contributed by atoms with E-state index in [9.17, 15) is 19.5 Å². The maximum Gasteiger partial charge on any atom is 0.408 e. The summed E-state index contributed by atoms with van der Waals surface area (Å²) >= 11 is 0. The van der Waals surface area contributed by atoms with Crippen LogP contribution < -0.4 is 5.32 Å². The fourth-order valence-electron chi connectivity index (χ4n) is 5.43. The van der Waals surface area contributed by atoms with Crippen molar-refractivity contribution in [3.05, 3.63) is 54.4 Å². The van der Waals surface area contributed by atoms with Gasteiger partial charge >= 0.3 is 12.1 Å². The molecule has 38 heavy (non-hydrogen) atoms. The Hall–Kier alpha value is -3.46. The lowest BCUT2D eigenvalue weighted by molar-refractivity contribution is -0.150. The summed E-state index contributed by atoms with van der Waals surface area (Å²) in [5.74, 6) is -1.59. The largest absolute Gasteiger partial charge is 0.480 e. The highest BCUT2D eigenvalue weighted by Gasteiger charge is 2.52. The van der Waals surface area contributed by atoms with Gasteiger partial charge in [0.25, 0.3) is 0 Å². The van der Waals surface area contributed by atoms with Crippen molar-refractivity contribution in [2.75, 3.05) is 13.7 Å². The standard InChI is InChI=1S/C29H37N3O6/c1-28(2,3)24(31-27(36)38-22-7-5-6-8-22)25(33)32-18-29(37-4,17-23(32)26(34)35)21-11-9-19(10-12-21)20-13-15-30-16-14-20/h9-16,22-24H,5-8,17-18H2,1-4H3,(H,31,36)(H,34,35)/t23-,24+,29-/m0/s1. The van der Waals surface area contributed by atoms with E-state index in [4.69, 9.17) is 9.47 Å². The minimum atomic E-state index is -1.12. The highest BCUT2D eigenvalue weighted by atomic mass is 16.6. The van der Waals surface area contributed by atoms with Gasteiger partial charge in [-0.05, 0) is 59.9 Å². The number of amides is 2. The minimum Gasteiger partial charge on any atom is -0.480 e. The molecule has 2 amide bonds. The number of nitrogens with zero attached hydrogens (tertiary/aromatic N) is 2. The minimum absolute atomic E-state index is 0.0415. The van der Waals surface area contributed by atoms with E-state index < -0.39 is 41.1 Å². The van der Waals surface area contributed by atoms with Crippen molar-refractivity contribution in [2.45, 2.75) is 76.7 Å². The number of aromatic nitrogens is 1. The van der Waals surface area contributed by atoms with Gasteiger partial charge in [-0.3, -0.25) is 9.78 Å². The van der Waals surface area contributed by atoms with Gasteiger partial charge in [0.2, 0.25) is 5.91 Å². The van der Waals surface area contributed by atoms with Crippen LogP contribution in [0.3, 0.4) is 0 Å². The Morgan fingerprint density at radius 2 is 1.66 bits per heavy atom. The molecule has 2 aromatic rings. The summed E-state index contributed by atoms with van der Waals surface area (Å²) in [6, 6.07) is 9.45. The quantitative estimate of drug-likeness (QED) is 0.554. The summed E-state index contributed by atoms with van der Waals surface area (Å²) in [5, 5.41) is 12.8. The van der Waals surface area contributed by atoms with E-state index in [1.807, 2.05) is 57.2 Å². The van der Waals surface area contributed by atoms with Crippen molar-refractivity contribution in [1.82, 2.24) is 15.2 Å². The number of nitrogens with one attached hydrogen (secondary N) is 1. The maximum atomic E-state index is 13.9. The fraction of sp³-hybridized carbons (Fsp3) is 0.517. The Bertz CT molecular complexity index is 1140. The van der Waals surface area contributed by atoms with Crippen LogP contribution in [0.4, 0.5) is 4.79 Å². The number of hydrogen-bond acceptors (Lipinski definition) is 6. The molecule has 204 valence electrons. The number of carbonyl (C=O) groups excluding carboxylic acids is 2. The molecule has 1 aliphatic heterocycles. The van der Waals surface area contributed by atoms with Gasteiger partial charge in [0, 0.05) is 25.9 Å². The van der Waals surface area contributed by atoms with Crippen molar-refractivity contribution in [3.63, 3.8) is 0 Å². The van der Waals surface area contributed by atoms with Gasteiger partial charge in [-0.2, -0.15) is 0 Å². The van der Waals surface area contributed by atoms with E-state index in [-0.39, 0.29) is 19.1 Å². The lowest BCUT2D eigenvalue weighted by atomic mass is 9.85. The molecule has 0 radical (unpaired) electrons. The number of rotatable bonds is 7. The number of alkyl carbamates (subject to hydrolysis) is 1. The molecule has 1 saturated heterocycles. The van der Waals surface area contributed by atoms with E-state index in [1.165, 1.54) is 12.0 Å². The zero-order valence-corrected chi connectivity index (χ0v) is 22.5. The Kier molecular flexibility index (Phi) is 8.06. The monoisotopic (exact) mass is 523 g/mol. The summed E-state index contributed by atoms with van der Waals surface area (Å²) in [6.07, 6.45) is 6.37. The van der Waals surface area contributed by atoms with Gasteiger partial charge < -0.3 is 24.8 Å². The zero-order chi connectivity index (χ0) is 27.5. The molecule has 9 nitrogen and oxygen atoms in total. The van der Waals surface area contributed by atoms with Crippen LogP contribution in [0, 0.1) is 5.41 Å². The molecule has 9 heteroatoms. The third-order valence-electron chi connectivity index (χ3n) is 7.66. The van der Waals surface area contributed by atoms with E-state index in [0.29, 0.717) is 0 Å². The summed E-state index contributed by atoms with van der Waals surface area (Å²) < 4.78 is 11.5. The first kappa shape index (κ1) is 27.6. The van der Waals surface area contributed by atoms with Crippen LogP contribution in [0.5, 0.6) is 0 Å². The number of carbonyl (C=O) groups is 3. The fourth-order valence-corrected chi connectivity index (χ4v) is 5.43. The summed E-state index contributed by atoms with van der Waals surface area (Å²) in [7, 11) is 1.53. The van der Waals surface area contributed by atoms with Gasteiger partial charge in [-0.15, -0.1) is 0 Å². The van der Waals surface area contributed by atoms with Crippen molar-refractivity contribution in [3.8, 4) is 11.1 Å². The summed E-state index contributed by atoms with van der Waals surface area (Å²) in [5.41, 5.74) is 1.08. The average Bonchev–Trinajstić information content (AvgIpc) is 3.56. The van der Waals surface area contributed by atoms with Gasteiger partial charge in [0.05, 0.1) is 6.54 Å². The second-order valence-electron chi connectivity index (χ2n) is 11.3. The van der Waals surface area contributed by atoms with Gasteiger partial charge in [0.1, 0.15) is 23.8 Å². The van der Waals surface area contributed by atoms with Crippen LogP contribution in [-0.4, -0.2) is 64.8 Å². The van der Waals surface area contributed by atoms with Crippen LogP contribution in [-0.2, 0) is 24.7 Å². The molecule has 0 bridgehead atoms.